The molecule has 1 atom stereocenters. The van der Waals surface area contributed by atoms with Crippen LogP contribution in [0, 0.1) is 0 Å². The van der Waals surface area contributed by atoms with Crippen LogP contribution in [0.15, 0.2) is 84.9 Å². The van der Waals surface area contributed by atoms with Gasteiger partial charge in [-0.1, -0.05) is 89.9 Å². The average Bonchev–Trinajstić information content (AvgIpc) is 3.21. The Morgan fingerprint density at radius 2 is 1.66 bits per heavy atom. The molecule has 4 aromatic rings. The quantitative estimate of drug-likeness (QED) is 0.294. The molecule has 0 bridgehead atoms. The molecule has 4 nitrogen and oxygen atoms in total. The topological polar surface area (TPSA) is 54.5 Å². The number of carbonyl (C=O) groups excluding carboxylic acids is 1. The van der Waals surface area contributed by atoms with Crippen LogP contribution in [0.4, 0.5) is 0 Å². The standard InChI is InChI=1S/C28H23Cl2NO3S/c29-22-12-13-25(27(30)16-22)21-10-8-19(9-11-21)17-31(23-14-15-35(33,34)18-23)28(32)26-7-3-5-20-4-1-2-6-24(20)26/h1-13,16,23H,14-15,17-18H2. The molecule has 0 saturated carbocycles. The first-order chi connectivity index (χ1) is 16.8. The molecule has 35 heavy (non-hydrogen) atoms. The van der Waals surface area contributed by atoms with Gasteiger partial charge in [0.2, 0.25) is 0 Å². The van der Waals surface area contributed by atoms with E-state index in [1.54, 1.807) is 17.0 Å². The zero-order chi connectivity index (χ0) is 24.6. The van der Waals surface area contributed by atoms with Crippen LogP contribution in [0.25, 0.3) is 21.9 Å². The van der Waals surface area contributed by atoms with Crippen molar-refractivity contribution >= 4 is 49.7 Å². The summed E-state index contributed by atoms with van der Waals surface area (Å²) < 4.78 is 24.5. The molecule has 7 heteroatoms. The molecule has 1 aliphatic heterocycles. The van der Waals surface area contributed by atoms with Crippen molar-refractivity contribution in [1.29, 1.82) is 0 Å². The molecule has 0 aromatic heterocycles. The van der Waals surface area contributed by atoms with E-state index in [2.05, 4.69) is 0 Å². The minimum absolute atomic E-state index is 0.0119. The van der Waals surface area contributed by atoms with E-state index >= 15 is 0 Å². The monoisotopic (exact) mass is 523 g/mol. The molecule has 178 valence electrons. The van der Waals surface area contributed by atoms with E-state index < -0.39 is 9.84 Å². The number of sulfone groups is 1. The van der Waals surface area contributed by atoms with E-state index in [0.717, 1.165) is 27.5 Å². The van der Waals surface area contributed by atoms with Crippen molar-refractivity contribution in [3.8, 4) is 11.1 Å². The molecule has 1 aliphatic rings. The number of halogens is 2. The van der Waals surface area contributed by atoms with Gasteiger partial charge in [-0.3, -0.25) is 4.79 Å². The Morgan fingerprint density at radius 3 is 2.37 bits per heavy atom. The van der Waals surface area contributed by atoms with Crippen molar-refractivity contribution in [2.45, 2.75) is 19.0 Å². The summed E-state index contributed by atoms with van der Waals surface area (Å²) in [7, 11) is -3.16. The van der Waals surface area contributed by atoms with Crippen LogP contribution in [0.2, 0.25) is 10.0 Å². The van der Waals surface area contributed by atoms with Crippen LogP contribution in [0.5, 0.6) is 0 Å². The van der Waals surface area contributed by atoms with Crippen molar-refractivity contribution in [2.75, 3.05) is 11.5 Å². The largest absolute Gasteiger partial charge is 0.330 e. The molecule has 0 radical (unpaired) electrons. The van der Waals surface area contributed by atoms with Crippen molar-refractivity contribution in [2.24, 2.45) is 0 Å². The number of nitrogens with zero attached hydrogens (tertiary/aromatic N) is 1. The fourth-order valence-corrected chi connectivity index (χ4v) is 6.91. The van der Waals surface area contributed by atoms with E-state index in [0.29, 0.717) is 28.6 Å². The van der Waals surface area contributed by atoms with Gasteiger partial charge in [-0.05, 0) is 46.5 Å². The van der Waals surface area contributed by atoms with E-state index in [4.69, 9.17) is 23.2 Å². The van der Waals surface area contributed by atoms with Crippen LogP contribution < -0.4 is 0 Å². The SMILES string of the molecule is O=C(c1cccc2ccccc12)N(Cc1ccc(-c2ccc(Cl)cc2Cl)cc1)C1CCS(=O)(=O)C1. The average molecular weight is 524 g/mol. The molecule has 1 fully saturated rings. The van der Waals surface area contributed by atoms with E-state index in [9.17, 15) is 13.2 Å². The summed E-state index contributed by atoms with van der Waals surface area (Å²) in [4.78, 5) is 15.5. The van der Waals surface area contributed by atoms with E-state index in [1.807, 2.05) is 72.8 Å². The number of amides is 1. The molecule has 1 heterocycles. The second-order valence-corrected chi connectivity index (χ2v) is 11.9. The molecule has 0 spiro atoms. The van der Waals surface area contributed by atoms with Gasteiger partial charge < -0.3 is 4.90 Å². The molecule has 1 unspecified atom stereocenters. The molecular weight excluding hydrogens is 501 g/mol. The minimum atomic E-state index is -3.16. The third kappa shape index (κ3) is 5.08. The third-order valence-corrected chi connectivity index (χ3v) is 8.78. The molecule has 0 N–H and O–H groups in total. The second kappa shape index (κ2) is 9.65. The Labute approximate surface area is 215 Å². The molecule has 0 aliphatic carbocycles. The van der Waals surface area contributed by atoms with Crippen molar-refractivity contribution in [3.05, 3.63) is 106 Å². The fourth-order valence-electron chi connectivity index (χ4n) is 4.66. The Morgan fingerprint density at radius 1 is 0.914 bits per heavy atom. The number of hydrogen-bond acceptors (Lipinski definition) is 3. The maximum absolute atomic E-state index is 13.8. The van der Waals surface area contributed by atoms with Gasteiger partial charge in [-0.25, -0.2) is 8.42 Å². The first-order valence-electron chi connectivity index (χ1n) is 11.3. The summed E-state index contributed by atoms with van der Waals surface area (Å²) in [6, 6.07) is 26.2. The lowest BCUT2D eigenvalue weighted by Crippen LogP contribution is -2.40. The minimum Gasteiger partial charge on any atom is -0.330 e. The lowest BCUT2D eigenvalue weighted by atomic mass is 10.0. The Balaban J connectivity index is 1.48. The molecule has 4 aromatic carbocycles. The van der Waals surface area contributed by atoms with Gasteiger partial charge in [0.15, 0.2) is 9.84 Å². The highest BCUT2D eigenvalue weighted by atomic mass is 35.5. The highest BCUT2D eigenvalue weighted by Crippen LogP contribution is 2.31. The first-order valence-corrected chi connectivity index (χ1v) is 13.9. The van der Waals surface area contributed by atoms with Crippen LogP contribution in [0.1, 0.15) is 22.3 Å². The number of hydrogen-bond donors (Lipinski definition) is 0. The summed E-state index contributed by atoms with van der Waals surface area (Å²) in [6.45, 7) is 0.316. The van der Waals surface area contributed by atoms with Gasteiger partial charge in [0.1, 0.15) is 0 Å². The van der Waals surface area contributed by atoms with Crippen molar-refractivity contribution in [1.82, 2.24) is 4.90 Å². The lowest BCUT2D eigenvalue weighted by Gasteiger charge is -2.29. The van der Waals surface area contributed by atoms with Gasteiger partial charge >= 0.3 is 0 Å². The maximum atomic E-state index is 13.8. The summed E-state index contributed by atoms with van der Waals surface area (Å²) >= 11 is 12.4. The lowest BCUT2D eigenvalue weighted by molar-refractivity contribution is 0.0683. The van der Waals surface area contributed by atoms with Crippen LogP contribution in [-0.4, -0.2) is 36.8 Å². The Hall–Kier alpha value is -2.86. The Kier molecular flexibility index (Phi) is 6.58. The van der Waals surface area contributed by atoms with Gasteiger partial charge in [-0.2, -0.15) is 0 Å². The smallest absolute Gasteiger partial charge is 0.255 e. The fraction of sp³-hybridized carbons (Fsp3) is 0.179. The zero-order valence-corrected chi connectivity index (χ0v) is 21.2. The van der Waals surface area contributed by atoms with Crippen molar-refractivity contribution < 1.29 is 13.2 Å². The third-order valence-electron chi connectivity index (χ3n) is 6.48. The molecule has 1 saturated heterocycles. The van der Waals surface area contributed by atoms with Gasteiger partial charge in [0.25, 0.3) is 5.91 Å². The van der Waals surface area contributed by atoms with Gasteiger partial charge in [-0.15, -0.1) is 0 Å². The van der Waals surface area contributed by atoms with Gasteiger partial charge in [0.05, 0.1) is 11.5 Å². The summed E-state index contributed by atoms with van der Waals surface area (Å²) in [6.07, 6.45) is 0.442. The number of benzene rings is 4. The van der Waals surface area contributed by atoms with Crippen LogP contribution in [-0.2, 0) is 16.4 Å². The first kappa shape index (κ1) is 23.9. The van der Waals surface area contributed by atoms with E-state index in [-0.39, 0.29) is 23.5 Å². The van der Waals surface area contributed by atoms with Crippen LogP contribution >= 0.6 is 23.2 Å². The second-order valence-electron chi connectivity index (χ2n) is 8.84. The zero-order valence-electron chi connectivity index (χ0n) is 18.8. The Bertz CT molecular complexity index is 1510. The normalized spacial score (nSPS) is 16.9. The van der Waals surface area contributed by atoms with Crippen LogP contribution in [0.3, 0.4) is 0 Å². The summed E-state index contributed by atoms with van der Waals surface area (Å²) in [5.41, 5.74) is 3.30. The van der Waals surface area contributed by atoms with E-state index in [1.165, 1.54) is 0 Å². The van der Waals surface area contributed by atoms with Gasteiger partial charge in [0, 0.05) is 33.8 Å². The number of carbonyl (C=O) groups is 1. The highest BCUT2D eigenvalue weighted by molar-refractivity contribution is 7.91. The predicted molar refractivity (Wildman–Crippen MR) is 143 cm³/mol. The predicted octanol–water partition coefficient (Wildman–Crippen LogP) is 6.64. The molecule has 5 rings (SSSR count). The van der Waals surface area contributed by atoms with Crippen molar-refractivity contribution in [3.63, 3.8) is 0 Å². The summed E-state index contributed by atoms with van der Waals surface area (Å²) in [5, 5.41) is 2.97. The summed E-state index contributed by atoms with van der Waals surface area (Å²) in [5.74, 6) is -0.0684. The number of rotatable bonds is 5. The molecule has 1 amide bonds. The molecular formula is C28H23Cl2NO3S. The highest BCUT2D eigenvalue weighted by Gasteiger charge is 2.35. The number of fused-ring (bicyclic) bond motifs is 1. The maximum Gasteiger partial charge on any atom is 0.255 e.